The van der Waals surface area contributed by atoms with E-state index in [-0.39, 0.29) is 18.1 Å². The minimum absolute atomic E-state index is 0.0124. The minimum atomic E-state index is -0.822. The predicted molar refractivity (Wildman–Crippen MR) is 54.7 cm³/mol. The number of carbonyl (C=O) groups is 1. The lowest BCUT2D eigenvalue weighted by Gasteiger charge is -2.42. The quantitative estimate of drug-likeness (QED) is 0.604. The molecule has 1 saturated carbocycles. The summed E-state index contributed by atoms with van der Waals surface area (Å²) >= 11 is 0. The minimum Gasteiger partial charge on any atom is -0.394 e. The third-order valence-electron chi connectivity index (χ3n) is 3.25. The van der Waals surface area contributed by atoms with Crippen LogP contribution in [0.25, 0.3) is 0 Å². The average molecular weight is 200 g/mol. The molecule has 0 aromatic heterocycles. The van der Waals surface area contributed by atoms with Crippen LogP contribution in [0.2, 0.25) is 0 Å². The van der Waals surface area contributed by atoms with Crippen molar-refractivity contribution in [3.05, 3.63) is 0 Å². The van der Waals surface area contributed by atoms with Gasteiger partial charge in [0.05, 0.1) is 17.7 Å². The van der Waals surface area contributed by atoms with Gasteiger partial charge in [0.2, 0.25) is 5.91 Å². The van der Waals surface area contributed by atoms with Gasteiger partial charge in [-0.3, -0.25) is 4.79 Å². The molecule has 4 heteroatoms. The fourth-order valence-electron chi connectivity index (χ4n) is 1.47. The molecule has 0 aromatic rings. The molecule has 0 heterocycles. The van der Waals surface area contributed by atoms with Gasteiger partial charge >= 0.3 is 0 Å². The molecule has 1 fully saturated rings. The summed E-state index contributed by atoms with van der Waals surface area (Å²) in [6.45, 7) is 3.61. The number of hydrogen-bond acceptors (Lipinski definition) is 3. The normalized spacial score (nSPS) is 23.4. The summed E-state index contributed by atoms with van der Waals surface area (Å²) in [5.41, 5.74) is 4.60. The summed E-state index contributed by atoms with van der Waals surface area (Å²) in [4.78, 5) is 11.7. The van der Waals surface area contributed by atoms with Crippen molar-refractivity contribution in [2.75, 3.05) is 6.61 Å². The highest BCUT2D eigenvalue weighted by atomic mass is 16.3. The van der Waals surface area contributed by atoms with Crippen molar-refractivity contribution in [3.63, 3.8) is 0 Å². The van der Waals surface area contributed by atoms with E-state index < -0.39 is 5.54 Å². The van der Waals surface area contributed by atoms with Crippen molar-refractivity contribution >= 4 is 5.91 Å². The van der Waals surface area contributed by atoms with Gasteiger partial charge in [0.1, 0.15) is 0 Å². The Morgan fingerprint density at radius 1 is 1.64 bits per heavy atom. The number of nitrogens with two attached hydrogens (primary N) is 1. The van der Waals surface area contributed by atoms with E-state index in [2.05, 4.69) is 5.32 Å². The van der Waals surface area contributed by atoms with Crippen LogP contribution in [0.3, 0.4) is 0 Å². The second-order valence-corrected chi connectivity index (χ2v) is 4.52. The molecule has 1 unspecified atom stereocenters. The number of hydrogen-bond donors (Lipinski definition) is 3. The van der Waals surface area contributed by atoms with Gasteiger partial charge in [-0.1, -0.05) is 6.92 Å². The molecule has 1 rings (SSSR count). The van der Waals surface area contributed by atoms with Crippen molar-refractivity contribution in [1.82, 2.24) is 5.32 Å². The summed E-state index contributed by atoms with van der Waals surface area (Å²) < 4.78 is 0. The highest BCUT2D eigenvalue weighted by Gasteiger charge is 2.40. The molecule has 0 radical (unpaired) electrons. The van der Waals surface area contributed by atoms with E-state index in [9.17, 15) is 4.79 Å². The number of aliphatic hydroxyl groups excluding tert-OH is 1. The highest BCUT2D eigenvalue weighted by Crippen LogP contribution is 2.31. The van der Waals surface area contributed by atoms with Crippen LogP contribution in [0.5, 0.6) is 0 Å². The van der Waals surface area contributed by atoms with Crippen molar-refractivity contribution in [2.45, 2.75) is 50.6 Å². The maximum absolute atomic E-state index is 11.7. The number of rotatable bonds is 4. The first kappa shape index (κ1) is 11.5. The number of nitrogens with one attached hydrogen (secondary N) is 1. The van der Waals surface area contributed by atoms with Crippen molar-refractivity contribution in [2.24, 2.45) is 5.73 Å². The van der Waals surface area contributed by atoms with Gasteiger partial charge in [-0.25, -0.2) is 0 Å². The average Bonchev–Trinajstić information content (AvgIpc) is 2.10. The third kappa shape index (κ3) is 2.07. The Bertz CT molecular complexity index is 217. The Balaban J connectivity index is 2.55. The van der Waals surface area contributed by atoms with Crippen molar-refractivity contribution in [3.8, 4) is 0 Å². The third-order valence-corrected chi connectivity index (χ3v) is 3.25. The van der Waals surface area contributed by atoms with E-state index in [1.807, 2.05) is 6.92 Å². The largest absolute Gasteiger partial charge is 0.394 e. The van der Waals surface area contributed by atoms with Crippen LogP contribution in [0.4, 0.5) is 0 Å². The molecule has 0 aromatic carbocycles. The van der Waals surface area contributed by atoms with E-state index in [1.165, 1.54) is 0 Å². The van der Waals surface area contributed by atoms with Gasteiger partial charge in [0, 0.05) is 0 Å². The van der Waals surface area contributed by atoms with Gasteiger partial charge in [-0.2, -0.15) is 0 Å². The Kier molecular flexibility index (Phi) is 3.17. The molecule has 1 aliphatic rings. The van der Waals surface area contributed by atoms with Crippen LogP contribution < -0.4 is 11.1 Å². The molecular formula is C10H20N2O2. The SMILES string of the molecule is CCC(C)(N)C(=O)NC1(CO)CCC1. The van der Waals surface area contributed by atoms with E-state index in [4.69, 9.17) is 10.8 Å². The molecule has 0 aliphatic heterocycles. The standard InChI is InChI=1S/C10H20N2O2/c1-3-9(2,11)8(14)12-10(7-13)5-4-6-10/h13H,3-7,11H2,1-2H3,(H,12,14). The van der Waals surface area contributed by atoms with Crippen LogP contribution >= 0.6 is 0 Å². The van der Waals surface area contributed by atoms with E-state index in [1.54, 1.807) is 6.92 Å². The summed E-state index contributed by atoms with van der Waals surface area (Å²) in [5.74, 6) is -0.159. The first-order valence-corrected chi connectivity index (χ1v) is 5.18. The summed E-state index contributed by atoms with van der Waals surface area (Å²) in [6, 6.07) is 0. The Labute approximate surface area is 84.9 Å². The first-order valence-electron chi connectivity index (χ1n) is 5.18. The zero-order valence-corrected chi connectivity index (χ0v) is 8.97. The molecule has 0 bridgehead atoms. The second-order valence-electron chi connectivity index (χ2n) is 4.52. The van der Waals surface area contributed by atoms with Gasteiger partial charge in [0.15, 0.2) is 0 Å². The molecule has 14 heavy (non-hydrogen) atoms. The van der Waals surface area contributed by atoms with Gasteiger partial charge in [0.25, 0.3) is 0 Å². The monoisotopic (exact) mass is 200 g/mol. The van der Waals surface area contributed by atoms with Crippen molar-refractivity contribution < 1.29 is 9.90 Å². The van der Waals surface area contributed by atoms with Gasteiger partial charge in [-0.15, -0.1) is 0 Å². The molecule has 0 spiro atoms. The van der Waals surface area contributed by atoms with Crippen LogP contribution in [-0.2, 0) is 4.79 Å². The zero-order chi connectivity index (χ0) is 10.8. The fourth-order valence-corrected chi connectivity index (χ4v) is 1.47. The summed E-state index contributed by atoms with van der Waals surface area (Å²) in [5, 5.41) is 12.0. The lowest BCUT2D eigenvalue weighted by Crippen LogP contribution is -2.62. The molecule has 1 atom stereocenters. The maximum Gasteiger partial charge on any atom is 0.240 e. The van der Waals surface area contributed by atoms with Gasteiger partial charge < -0.3 is 16.2 Å². The molecule has 1 amide bonds. The molecule has 4 nitrogen and oxygen atoms in total. The topological polar surface area (TPSA) is 75.4 Å². The summed E-state index contributed by atoms with van der Waals surface area (Å²) in [6.07, 6.45) is 3.37. The molecule has 1 aliphatic carbocycles. The van der Waals surface area contributed by atoms with Crippen LogP contribution in [0.1, 0.15) is 39.5 Å². The predicted octanol–water partition coefficient (Wildman–Crippen LogP) is 0.145. The van der Waals surface area contributed by atoms with E-state index in [0.717, 1.165) is 19.3 Å². The summed E-state index contributed by atoms with van der Waals surface area (Å²) in [7, 11) is 0. The molecule has 0 saturated heterocycles. The van der Waals surface area contributed by atoms with Crippen LogP contribution in [-0.4, -0.2) is 28.7 Å². The zero-order valence-electron chi connectivity index (χ0n) is 8.97. The van der Waals surface area contributed by atoms with Crippen LogP contribution in [0.15, 0.2) is 0 Å². The van der Waals surface area contributed by atoms with E-state index >= 15 is 0 Å². The second kappa shape index (κ2) is 3.87. The van der Waals surface area contributed by atoms with Crippen molar-refractivity contribution in [1.29, 1.82) is 0 Å². The molecule has 4 N–H and O–H groups in total. The Morgan fingerprint density at radius 2 is 2.21 bits per heavy atom. The number of carbonyl (C=O) groups excluding carboxylic acids is 1. The highest BCUT2D eigenvalue weighted by molar-refractivity contribution is 5.86. The lowest BCUT2D eigenvalue weighted by atomic mass is 9.77. The fraction of sp³-hybridized carbons (Fsp3) is 0.900. The van der Waals surface area contributed by atoms with E-state index in [0.29, 0.717) is 6.42 Å². The molecule has 82 valence electrons. The Morgan fingerprint density at radius 3 is 2.50 bits per heavy atom. The lowest BCUT2D eigenvalue weighted by molar-refractivity contribution is -0.130. The van der Waals surface area contributed by atoms with Gasteiger partial charge in [-0.05, 0) is 32.6 Å². The smallest absolute Gasteiger partial charge is 0.240 e. The first-order chi connectivity index (χ1) is 6.46. The number of amides is 1. The Hall–Kier alpha value is -0.610. The maximum atomic E-state index is 11.7. The van der Waals surface area contributed by atoms with Crippen LogP contribution in [0, 0.1) is 0 Å². The molecular weight excluding hydrogens is 180 g/mol. The number of aliphatic hydroxyl groups is 1.